The number of carbonyl (C=O) groups excluding carboxylic acids is 3. The molecular formula is C21H35N3O6. The van der Waals surface area contributed by atoms with Gasteiger partial charge in [-0.15, -0.1) is 0 Å². The van der Waals surface area contributed by atoms with Gasteiger partial charge in [0.15, 0.2) is 5.69 Å². The largest absolute Gasteiger partial charge is 0.493 e. The van der Waals surface area contributed by atoms with E-state index in [1.807, 2.05) is 6.92 Å². The van der Waals surface area contributed by atoms with E-state index in [1.165, 1.54) is 10.9 Å². The molecule has 1 aromatic rings. The molecule has 0 aliphatic carbocycles. The Labute approximate surface area is 178 Å². The summed E-state index contributed by atoms with van der Waals surface area (Å²) in [7, 11) is 0. The molecule has 170 valence electrons. The van der Waals surface area contributed by atoms with Crippen LogP contribution in [0.4, 0.5) is 0 Å². The molecule has 0 aromatic carbocycles. The van der Waals surface area contributed by atoms with E-state index >= 15 is 0 Å². The highest BCUT2D eigenvalue weighted by atomic mass is 16.6. The number of imidazole rings is 1. The predicted molar refractivity (Wildman–Crippen MR) is 111 cm³/mol. The molecule has 0 saturated carbocycles. The van der Waals surface area contributed by atoms with Crippen LogP contribution < -0.4 is 5.32 Å². The maximum absolute atomic E-state index is 12.2. The lowest BCUT2D eigenvalue weighted by Gasteiger charge is -2.20. The van der Waals surface area contributed by atoms with E-state index in [1.54, 1.807) is 13.8 Å². The van der Waals surface area contributed by atoms with Crippen LogP contribution in [-0.4, -0.2) is 45.2 Å². The first-order valence-electron chi connectivity index (χ1n) is 10.7. The molecule has 0 aliphatic rings. The first kappa shape index (κ1) is 25.6. The van der Waals surface area contributed by atoms with Crippen LogP contribution >= 0.6 is 0 Å². The Hall–Kier alpha value is -2.42. The van der Waals surface area contributed by atoms with Crippen LogP contribution in [-0.2, 0) is 19.1 Å². The molecule has 2 atom stereocenters. The minimum absolute atomic E-state index is 0.0877. The van der Waals surface area contributed by atoms with Gasteiger partial charge < -0.3 is 14.6 Å². The number of aromatic nitrogens is 2. The number of nitrogens with one attached hydrogen (secondary N) is 1. The minimum atomic E-state index is -0.756. The van der Waals surface area contributed by atoms with Gasteiger partial charge in [-0.1, -0.05) is 39.5 Å². The number of rotatable bonds is 14. The maximum Gasteiger partial charge on any atom is 0.305 e. The van der Waals surface area contributed by atoms with Crippen molar-refractivity contribution in [3.8, 4) is 5.88 Å². The Morgan fingerprint density at radius 1 is 1.10 bits per heavy atom. The minimum Gasteiger partial charge on any atom is -0.493 e. The second kappa shape index (κ2) is 13.7. The zero-order valence-electron chi connectivity index (χ0n) is 18.5. The quantitative estimate of drug-likeness (QED) is 0.346. The molecule has 2 amide bonds. The van der Waals surface area contributed by atoms with Crippen molar-refractivity contribution in [2.75, 3.05) is 6.61 Å². The van der Waals surface area contributed by atoms with E-state index in [-0.39, 0.29) is 24.7 Å². The number of hydrogen-bond donors (Lipinski definition) is 2. The summed E-state index contributed by atoms with van der Waals surface area (Å²) in [6.07, 6.45) is 6.21. The van der Waals surface area contributed by atoms with Crippen LogP contribution in [0.25, 0.3) is 0 Å². The number of imide groups is 1. The van der Waals surface area contributed by atoms with Crippen LogP contribution in [0, 0.1) is 0 Å². The van der Waals surface area contributed by atoms with Crippen LogP contribution in [0.5, 0.6) is 5.88 Å². The molecule has 2 N–H and O–H groups in total. The van der Waals surface area contributed by atoms with E-state index in [0.29, 0.717) is 12.8 Å². The summed E-state index contributed by atoms with van der Waals surface area (Å²) in [5.41, 5.74) is -0.246. The Morgan fingerprint density at radius 2 is 1.73 bits per heavy atom. The van der Waals surface area contributed by atoms with Crippen molar-refractivity contribution in [3.63, 3.8) is 0 Å². The summed E-state index contributed by atoms with van der Waals surface area (Å²) >= 11 is 0. The Bertz CT molecular complexity index is 688. The molecular weight excluding hydrogens is 390 g/mol. The maximum atomic E-state index is 12.2. The Balaban J connectivity index is 2.52. The number of esters is 1. The lowest BCUT2D eigenvalue weighted by molar-refractivity contribution is -0.150. The number of ether oxygens (including phenoxy) is 2. The van der Waals surface area contributed by atoms with E-state index in [0.717, 1.165) is 32.1 Å². The zero-order chi connectivity index (χ0) is 22.5. The second-order valence-electron chi connectivity index (χ2n) is 7.34. The standard InChI is InChI=1S/C21H35N3O6/c1-5-7-9-11-17(25)23-20(27)19-21(28)24(14-22-19)16(4)30-15(3)13-29-18(26)12-10-8-6-2/h14-16,28H,5-13H2,1-4H3,(H,23,25,27)/t15-,16+/m0/s1. The van der Waals surface area contributed by atoms with Crippen LogP contribution in [0.2, 0.25) is 0 Å². The molecule has 0 spiro atoms. The Morgan fingerprint density at radius 3 is 2.37 bits per heavy atom. The van der Waals surface area contributed by atoms with Crippen molar-refractivity contribution >= 4 is 17.8 Å². The van der Waals surface area contributed by atoms with Gasteiger partial charge >= 0.3 is 5.97 Å². The van der Waals surface area contributed by atoms with E-state index in [4.69, 9.17) is 9.47 Å². The molecule has 30 heavy (non-hydrogen) atoms. The van der Waals surface area contributed by atoms with E-state index < -0.39 is 30.0 Å². The van der Waals surface area contributed by atoms with Crippen molar-refractivity contribution in [2.45, 2.75) is 91.4 Å². The number of unbranched alkanes of at least 4 members (excludes halogenated alkanes) is 4. The fourth-order valence-electron chi connectivity index (χ4n) is 2.81. The van der Waals surface area contributed by atoms with E-state index in [2.05, 4.69) is 17.2 Å². The van der Waals surface area contributed by atoms with Crippen LogP contribution in [0.3, 0.4) is 0 Å². The number of carbonyl (C=O) groups is 3. The van der Waals surface area contributed by atoms with Gasteiger partial charge in [-0.25, -0.2) is 4.98 Å². The molecule has 1 heterocycles. The van der Waals surface area contributed by atoms with Crippen molar-refractivity contribution in [1.29, 1.82) is 0 Å². The topological polar surface area (TPSA) is 120 Å². The van der Waals surface area contributed by atoms with Crippen LogP contribution in [0.1, 0.15) is 95.8 Å². The lowest BCUT2D eigenvalue weighted by Crippen LogP contribution is -2.30. The second-order valence-corrected chi connectivity index (χ2v) is 7.34. The molecule has 0 radical (unpaired) electrons. The van der Waals surface area contributed by atoms with Crippen molar-refractivity contribution in [2.24, 2.45) is 0 Å². The molecule has 1 rings (SSSR count). The summed E-state index contributed by atoms with van der Waals surface area (Å²) in [5.74, 6) is -1.82. The summed E-state index contributed by atoms with van der Waals surface area (Å²) in [4.78, 5) is 39.6. The highest BCUT2D eigenvalue weighted by Crippen LogP contribution is 2.22. The van der Waals surface area contributed by atoms with Crippen LogP contribution in [0.15, 0.2) is 6.33 Å². The molecule has 0 fully saturated rings. The third-order valence-corrected chi connectivity index (χ3v) is 4.53. The number of hydrogen-bond acceptors (Lipinski definition) is 7. The number of nitrogens with zero attached hydrogens (tertiary/aromatic N) is 2. The zero-order valence-corrected chi connectivity index (χ0v) is 18.5. The summed E-state index contributed by atoms with van der Waals surface area (Å²) in [6, 6.07) is 0. The monoisotopic (exact) mass is 425 g/mol. The first-order chi connectivity index (χ1) is 14.3. The van der Waals surface area contributed by atoms with Crippen molar-refractivity contribution in [3.05, 3.63) is 12.0 Å². The SMILES string of the molecule is CCCCCC(=O)NC(=O)c1ncn([C@@H](C)O[C@@H](C)COC(=O)CCCCC)c1O. The Kier molecular flexibility index (Phi) is 11.7. The smallest absolute Gasteiger partial charge is 0.305 e. The third-order valence-electron chi connectivity index (χ3n) is 4.53. The van der Waals surface area contributed by atoms with Gasteiger partial charge in [-0.05, 0) is 26.7 Å². The summed E-state index contributed by atoms with van der Waals surface area (Å²) in [5, 5.41) is 12.5. The third kappa shape index (κ3) is 8.94. The van der Waals surface area contributed by atoms with Gasteiger partial charge in [0.25, 0.3) is 5.91 Å². The van der Waals surface area contributed by atoms with Gasteiger partial charge in [-0.2, -0.15) is 0 Å². The fourth-order valence-corrected chi connectivity index (χ4v) is 2.81. The summed E-state index contributed by atoms with van der Waals surface area (Å²) < 4.78 is 12.2. The molecule has 0 saturated heterocycles. The molecule has 0 bridgehead atoms. The molecule has 1 aromatic heterocycles. The molecule has 9 heteroatoms. The normalized spacial score (nSPS) is 12.9. The van der Waals surface area contributed by atoms with Gasteiger partial charge in [0.05, 0.1) is 6.10 Å². The summed E-state index contributed by atoms with van der Waals surface area (Å²) in [6.45, 7) is 7.58. The average molecular weight is 426 g/mol. The van der Waals surface area contributed by atoms with E-state index in [9.17, 15) is 19.5 Å². The van der Waals surface area contributed by atoms with Crippen molar-refractivity contribution < 1.29 is 29.0 Å². The average Bonchev–Trinajstić information content (AvgIpc) is 3.08. The predicted octanol–water partition coefficient (Wildman–Crippen LogP) is 3.47. The fraction of sp³-hybridized carbons (Fsp3) is 0.714. The molecule has 0 aliphatic heterocycles. The highest BCUT2D eigenvalue weighted by Gasteiger charge is 2.23. The lowest BCUT2D eigenvalue weighted by atomic mass is 10.2. The van der Waals surface area contributed by atoms with Gasteiger partial charge in [-0.3, -0.25) is 24.3 Å². The van der Waals surface area contributed by atoms with Gasteiger partial charge in [0, 0.05) is 12.8 Å². The van der Waals surface area contributed by atoms with Crippen molar-refractivity contribution in [1.82, 2.24) is 14.9 Å². The first-order valence-corrected chi connectivity index (χ1v) is 10.7. The molecule has 9 nitrogen and oxygen atoms in total. The highest BCUT2D eigenvalue weighted by molar-refractivity contribution is 6.04. The number of aromatic hydroxyl groups is 1. The van der Waals surface area contributed by atoms with Gasteiger partial charge in [0.1, 0.15) is 19.2 Å². The molecule has 0 unspecified atom stereocenters. The number of amides is 2. The van der Waals surface area contributed by atoms with Gasteiger partial charge in [0.2, 0.25) is 11.8 Å².